The number of benzene rings is 2. The lowest BCUT2D eigenvalue weighted by Gasteiger charge is -2.09. The lowest BCUT2D eigenvalue weighted by Crippen LogP contribution is -2.06. The minimum Gasteiger partial charge on any atom is -0.488 e. The van der Waals surface area contributed by atoms with E-state index in [1.165, 1.54) is 0 Å². The molecule has 0 atom stereocenters. The number of hydrogen-bond donors (Lipinski definition) is 1. The molecule has 0 radical (unpaired) electrons. The molecule has 0 saturated carbocycles. The van der Waals surface area contributed by atoms with Crippen LogP contribution in [0.15, 0.2) is 46.9 Å². The molecule has 0 spiro atoms. The second kappa shape index (κ2) is 7.09. The highest BCUT2D eigenvalue weighted by Crippen LogP contribution is 2.33. The Bertz CT molecular complexity index is 871. The summed E-state index contributed by atoms with van der Waals surface area (Å²) in [4.78, 5) is 15.1. The number of carbonyl (C=O) groups excluding carboxylic acids is 1. The zero-order valence-corrected chi connectivity index (χ0v) is 15.1. The van der Waals surface area contributed by atoms with Crippen molar-refractivity contribution in [2.75, 3.05) is 6.61 Å². The summed E-state index contributed by atoms with van der Waals surface area (Å²) in [5.41, 5.74) is 3.32. The highest BCUT2D eigenvalue weighted by molar-refractivity contribution is 9.10. The van der Waals surface area contributed by atoms with Crippen LogP contribution in [0, 0.1) is 6.92 Å². The average molecular weight is 388 g/mol. The van der Waals surface area contributed by atoms with Gasteiger partial charge in [-0.3, -0.25) is 0 Å². The van der Waals surface area contributed by atoms with Gasteiger partial charge in [0.05, 0.1) is 11.1 Å². The lowest BCUT2D eigenvalue weighted by atomic mass is 10.1. The van der Waals surface area contributed by atoms with Gasteiger partial charge in [0.1, 0.15) is 18.1 Å². The van der Waals surface area contributed by atoms with Gasteiger partial charge >= 0.3 is 5.97 Å². The van der Waals surface area contributed by atoms with Gasteiger partial charge in [0, 0.05) is 10.9 Å². The number of rotatable bonds is 5. The van der Waals surface area contributed by atoms with E-state index >= 15 is 0 Å². The van der Waals surface area contributed by atoms with Gasteiger partial charge < -0.3 is 14.5 Å². The normalized spacial score (nSPS) is 10.8. The number of H-pyrrole nitrogens is 1. The van der Waals surface area contributed by atoms with E-state index in [0.29, 0.717) is 18.9 Å². The van der Waals surface area contributed by atoms with E-state index in [1.807, 2.05) is 49.4 Å². The van der Waals surface area contributed by atoms with Crippen molar-refractivity contribution < 1.29 is 14.3 Å². The van der Waals surface area contributed by atoms with Crippen LogP contribution in [0.25, 0.3) is 10.9 Å². The first kappa shape index (κ1) is 16.6. The Hall–Kier alpha value is -2.27. The van der Waals surface area contributed by atoms with Crippen molar-refractivity contribution in [1.29, 1.82) is 0 Å². The average Bonchev–Trinajstić information content (AvgIpc) is 2.90. The van der Waals surface area contributed by atoms with Crippen molar-refractivity contribution in [3.8, 4) is 5.75 Å². The summed E-state index contributed by atoms with van der Waals surface area (Å²) in [5.74, 6) is 0.401. The fraction of sp³-hybridized carbons (Fsp3) is 0.211. The summed E-state index contributed by atoms with van der Waals surface area (Å²) >= 11 is 3.53. The molecule has 0 unspecified atom stereocenters. The Morgan fingerprint density at radius 1 is 1.21 bits per heavy atom. The zero-order valence-electron chi connectivity index (χ0n) is 13.6. The maximum atomic E-state index is 12.0. The van der Waals surface area contributed by atoms with E-state index in [0.717, 1.165) is 32.3 Å². The number of nitrogens with one attached hydrogen (secondary N) is 1. The Balaban J connectivity index is 1.91. The fourth-order valence-corrected chi connectivity index (χ4v) is 3.04. The summed E-state index contributed by atoms with van der Waals surface area (Å²) in [6.07, 6.45) is 0. The van der Waals surface area contributed by atoms with Crippen LogP contribution in [-0.2, 0) is 11.3 Å². The van der Waals surface area contributed by atoms with Crippen LogP contribution < -0.4 is 4.74 Å². The van der Waals surface area contributed by atoms with Gasteiger partial charge in [-0.05, 0) is 53.0 Å². The highest BCUT2D eigenvalue weighted by atomic mass is 79.9. The Morgan fingerprint density at radius 3 is 2.67 bits per heavy atom. The number of ether oxygens (including phenoxy) is 2. The van der Waals surface area contributed by atoms with Crippen molar-refractivity contribution in [3.05, 3.63) is 63.8 Å². The first-order valence-electron chi connectivity index (χ1n) is 7.75. The number of aryl methyl sites for hydroxylation is 1. The lowest BCUT2D eigenvalue weighted by molar-refractivity contribution is 0.0520. The molecular weight excluding hydrogens is 370 g/mol. The third-order valence-corrected chi connectivity index (χ3v) is 4.45. The highest BCUT2D eigenvalue weighted by Gasteiger charge is 2.17. The van der Waals surface area contributed by atoms with E-state index in [9.17, 15) is 4.79 Å². The van der Waals surface area contributed by atoms with Crippen molar-refractivity contribution in [2.24, 2.45) is 0 Å². The van der Waals surface area contributed by atoms with Gasteiger partial charge in [0.15, 0.2) is 0 Å². The molecular formula is C19H18BrNO3. The minimum atomic E-state index is -0.339. The van der Waals surface area contributed by atoms with Crippen molar-refractivity contribution in [1.82, 2.24) is 4.98 Å². The number of hydrogen-bond acceptors (Lipinski definition) is 3. The van der Waals surface area contributed by atoms with Crippen LogP contribution in [-0.4, -0.2) is 17.6 Å². The van der Waals surface area contributed by atoms with Crippen LogP contribution >= 0.6 is 15.9 Å². The largest absolute Gasteiger partial charge is 0.488 e. The summed E-state index contributed by atoms with van der Waals surface area (Å²) in [7, 11) is 0. The predicted octanol–water partition coefficient (Wildman–Crippen LogP) is 4.99. The molecule has 1 aromatic heterocycles. The predicted molar refractivity (Wildman–Crippen MR) is 97.5 cm³/mol. The van der Waals surface area contributed by atoms with Crippen LogP contribution in [0.4, 0.5) is 0 Å². The molecule has 1 heterocycles. The van der Waals surface area contributed by atoms with Crippen molar-refractivity contribution in [2.45, 2.75) is 20.5 Å². The van der Waals surface area contributed by atoms with Gasteiger partial charge in [-0.15, -0.1) is 0 Å². The molecule has 4 nitrogen and oxygen atoms in total. The molecule has 0 fully saturated rings. The molecule has 0 aliphatic heterocycles. The molecule has 0 bridgehead atoms. The maximum Gasteiger partial charge on any atom is 0.355 e. The number of aromatic amines is 1. The first-order valence-corrected chi connectivity index (χ1v) is 8.55. The van der Waals surface area contributed by atoms with Gasteiger partial charge in [0.25, 0.3) is 0 Å². The van der Waals surface area contributed by atoms with Crippen molar-refractivity contribution in [3.63, 3.8) is 0 Å². The molecule has 3 aromatic rings. The SMILES string of the molecule is CCOC(=O)c1[nH]c2cc(Br)c(OCc3ccccc3)cc2c1C. The smallest absolute Gasteiger partial charge is 0.355 e. The Labute approximate surface area is 148 Å². The molecule has 0 amide bonds. The first-order chi connectivity index (χ1) is 11.6. The second-order valence-electron chi connectivity index (χ2n) is 5.45. The molecule has 0 saturated heterocycles. The molecule has 124 valence electrons. The summed E-state index contributed by atoms with van der Waals surface area (Å²) in [6, 6.07) is 13.9. The topological polar surface area (TPSA) is 51.3 Å². The Morgan fingerprint density at radius 2 is 1.96 bits per heavy atom. The number of halogens is 1. The number of carbonyl (C=O) groups is 1. The van der Waals surface area contributed by atoms with Gasteiger partial charge in [-0.25, -0.2) is 4.79 Å². The van der Waals surface area contributed by atoms with Crippen LogP contribution in [0.3, 0.4) is 0 Å². The second-order valence-corrected chi connectivity index (χ2v) is 6.30. The van der Waals surface area contributed by atoms with Crippen LogP contribution in [0.5, 0.6) is 5.75 Å². The zero-order chi connectivity index (χ0) is 17.1. The molecule has 2 aromatic carbocycles. The van der Waals surface area contributed by atoms with Gasteiger partial charge in [-0.1, -0.05) is 30.3 Å². The molecule has 3 rings (SSSR count). The number of esters is 1. The van der Waals surface area contributed by atoms with E-state index in [-0.39, 0.29) is 5.97 Å². The maximum absolute atomic E-state index is 12.0. The number of fused-ring (bicyclic) bond motifs is 1. The molecule has 0 aliphatic rings. The summed E-state index contributed by atoms with van der Waals surface area (Å²) in [5, 5.41) is 0.948. The molecule has 1 N–H and O–H groups in total. The third kappa shape index (κ3) is 3.31. The fourth-order valence-electron chi connectivity index (χ4n) is 2.58. The van der Waals surface area contributed by atoms with Crippen LogP contribution in [0.1, 0.15) is 28.5 Å². The standard InChI is InChI=1S/C19H18BrNO3/c1-3-23-19(22)18-12(2)14-9-17(15(20)10-16(14)21-18)24-11-13-7-5-4-6-8-13/h4-10,21H,3,11H2,1-2H3. The Kier molecular flexibility index (Phi) is 4.90. The number of aromatic nitrogens is 1. The van der Waals surface area contributed by atoms with E-state index in [2.05, 4.69) is 20.9 Å². The quantitative estimate of drug-likeness (QED) is 0.627. The molecule has 5 heteroatoms. The third-order valence-electron chi connectivity index (χ3n) is 3.83. The minimum absolute atomic E-state index is 0.339. The van der Waals surface area contributed by atoms with Gasteiger partial charge in [-0.2, -0.15) is 0 Å². The van der Waals surface area contributed by atoms with Crippen LogP contribution in [0.2, 0.25) is 0 Å². The van der Waals surface area contributed by atoms with E-state index in [4.69, 9.17) is 9.47 Å². The summed E-state index contributed by atoms with van der Waals surface area (Å²) < 4.78 is 11.9. The van der Waals surface area contributed by atoms with Crippen molar-refractivity contribution >= 4 is 32.8 Å². The van der Waals surface area contributed by atoms with E-state index in [1.54, 1.807) is 6.92 Å². The molecule has 24 heavy (non-hydrogen) atoms. The van der Waals surface area contributed by atoms with E-state index < -0.39 is 0 Å². The molecule has 0 aliphatic carbocycles. The summed E-state index contributed by atoms with van der Waals surface area (Å²) in [6.45, 7) is 4.53. The van der Waals surface area contributed by atoms with Gasteiger partial charge in [0.2, 0.25) is 0 Å². The monoisotopic (exact) mass is 387 g/mol.